The summed E-state index contributed by atoms with van der Waals surface area (Å²) < 4.78 is 19.2. The van der Waals surface area contributed by atoms with Gasteiger partial charge >= 0.3 is 5.97 Å². The summed E-state index contributed by atoms with van der Waals surface area (Å²) in [7, 11) is 0. The summed E-state index contributed by atoms with van der Waals surface area (Å²) in [5.74, 6) is -2.32. The maximum absolute atomic E-state index is 13.6. The van der Waals surface area contributed by atoms with Gasteiger partial charge in [-0.3, -0.25) is 0 Å². The fraction of sp³-hybridized carbons (Fsp3) is 0. The number of ether oxygens (including phenoxy) is 1. The molecule has 0 bridgehead atoms. The van der Waals surface area contributed by atoms with E-state index in [4.69, 9.17) is 21.4 Å². The van der Waals surface area contributed by atoms with Crippen LogP contribution in [0.25, 0.3) is 0 Å². The van der Waals surface area contributed by atoms with Crippen LogP contribution in [-0.2, 0) is 0 Å². The van der Waals surface area contributed by atoms with E-state index in [1.807, 2.05) is 0 Å². The highest BCUT2D eigenvalue weighted by Gasteiger charge is 2.15. The molecule has 0 spiro atoms. The van der Waals surface area contributed by atoms with Crippen molar-refractivity contribution in [1.29, 1.82) is 0 Å². The zero-order valence-corrected chi connectivity index (χ0v) is 11.6. The molecule has 0 radical (unpaired) electrons. The zero-order chi connectivity index (χ0) is 14.0. The van der Waals surface area contributed by atoms with Gasteiger partial charge in [0.15, 0.2) is 5.82 Å². The van der Waals surface area contributed by atoms with Crippen molar-refractivity contribution in [3.63, 3.8) is 0 Å². The van der Waals surface area contributed by atoms with Gasteiger partial charge in [-0.1, -0.05) is 11.6 Å². The molecule has 2 aromatic rings. The van der Waals surface area contributed by atoms with Gasteiger partial charge in [0.25, 0.3) is 5.88 Å². The number of benzene rings is 1. The van der Waals surface area contributed by atoms with E-state index in [0.717, 1.165) is 6.07 Å². The van der Waals surface area contributed by atoms with Gasteiger partial charge in [-0.2, -0.15) is 0 Å². The smallest absolute Gasteiger partial charge is 0.339 e. The van der Waals surface area contributed by atoms with Crippen LogP contribution < -0.4 is 4.74 Å². The molecule has 0 aliphatic heterocycles. The van der Waals surface area contributed by atoms with Gasteiger partial charge in [-0.25, -0.2) is 14.2 Å². The lowest BCUT2D eigenvalue weighted by molar-refractivity contribution is 0.0694. The Balaban J connectivity index is 2.42. The number of pyridine rings is 1. The van der Waals surface area contributed by atoms with Gasteiger partial charge in [-0.05, 0) is 34.1 Å². The van der Waals surface area contributed by atoms with Crippen LogP contribution >= 0.6 is 27.5 Å². The summed E-state index contributed by atoms with van der Waals surface area (Å²) in [6, 6.07) is 5.13. The molecule has 1 heterocycles. The third-order valence-corrected chi connectivity index (χ3v) is 2.82. The lowest BCUT2D eigenvalue weighted by Gasteiger charge is -2.09. The molecule has 0 aliphatic carbocycles. The van der Waals surface area contributed by atoms with E-state index in [0.29, 0.717) is 4.47 Å². The van der Waals surface area contributed by atoms with E-state index in [1.54, 1.807) is 0 Å². The number of hydrogen-bond donors (Lipinski definition) is 1. The van der Waals surface area contributed by atoms with Crippen molar-refractivity contribution >= 4 is 33.5 Å². The number of carboxylic acid groups (broad SMARTS) is 1. The number of rotatable bonds is 3. The molecule has 2 rings (SSSR count). The van der Waals surface area contributed by atoms with E-state index in [2.05, 4.69) is 20.9 Å². The lowest BCUT2D eigenvalue weighted by Crippen LogP contribution is -2.01. The Morgan fingerprint density at radius 3 is 2.79 bits per heavy atom. The largest absolute Gasteiger partial charge is 0.478 e. The van der Waals surface area contributed by atoms with Crippen molar-refractivity contribution in [3.05, 3.63) is 51.3 Å². The van der Waals surface area contributed by atoms with Crippen LogP contribution in [0.1, 0.15) is 10.4 Å². The summed E-state index contributed by atoms with van der Waals surface area (Å²) in [6.07, 6.45) is 1.34. The number of halogens is 3. The zero-order valence-electron chi connectivity index (χ0n) is 9.23. The SMILES string of the molecule is O=C(O)c1ccc(Cl)cc1Oc1ncc(Br)cc1F. The first-order chi connectivity index (χ1) is 8.97. The Labute approximate surface area is 120 Å². The van der Waals surface area contributed by atoms with Gasteiger partial charge in [0, 0.05) is 21.8 Å². The third kappa shape index (κ3) is 3.21. The van der Waals surface area contributed by atoms with E-state index in [9.17, 15) is 9.18 Å². The second-order valence-corrected chi connectivity index (χ2v) is 4.84. The average Bonchev–Trinajstić information content (AvgIpc) is 2.32. The van der Waals surface area contributed by atoms with Crippen LogP contribution in [-0.4, -0.2) is 16.1 Å². The second-order valence-electron chi connectivity index (χ2n) is 3.49. The number of hydrogen-bond acceptors (Lipinski definition) is 3. The molecule has 0 aliphatic rings. The van der Waals surface area contributed by atoms with Crippen LogP contribution in [0, 0.1) is 5.82 Å². The minimum Gasteiger partial charge on any atom is -0.478 e. The first kappa shape index (κ1) is 13.8. The van der Waals surface area contributed by atoms with Gasteiger partial charge < -0.3 is 9.84 Å². The molecule has 7 heteroatoms. The number of nitrogens with zero attached hydrogens (tertiary/aromatic N) is 1. The van der Waals surface area contributed by atoms with Crippen LogP contribution in [0.2, 0.25) is 5.02 Å². The monoisotopic (exact) mass is 345 g/mol. The molecule has 4 nitrogen and oxygen atoms in total. The molecule has 1 aromatic carbocycles. The predicted molar refractivity (Wildman–Crippen MR) is 70.4 cm³/mol. The summed E-state index contributed by atoms with van der Waals surface area (Å²) in [4.78, 5) is 14.7. The van der Waals surface area contributed by atoms with Crippen molar-refractivity contribution in [2.75, 3.05) is 0 Å². The van der Waals surface area contributed by atoms with Crippen LogP contribution in [0.3, 0.4) is 0 Å². The number of aromatic nitrogens is 1. The molecular formula is C12H6BrClFNO3. The molecule has 0 saturated carbocycles. The molecule has 1 aromatic heterocycles. The van der Waals surface area contributed by atoms with Crippen molar-refractivity contribution in [3.8, 4) is 11.6 Å². The molecule has 0 atom stereocenters. The molecule has 0 unspecified atom stereocenters. The van der Waals surface area contributed by atoms with Crippen LogP contribution in [0.5, 0.6) is 11.6 Å². The first-order valence-electron chi connectivity index (χ1n) is 4.99. The summed E-state index contributed by atoms with van der Waals surface area (Å²) in [6.45, 7) is 0. The standard InChI is InChI=1S/C12H6BrClFNO3/c13-6-3-9(15)11(16-5-6)19-10-4-7(14)1-2-8(10)12(17)18/h1-5H,(H,17,18). The van der Waals surface area contributed by atoms with E-state index in [-0.39, 0.29) is 22.2 Å². The molecular weight excluding hydrogens is 340 g/mol. The molecule has 19 heavy (non-hydrogen) atoms. The van der Waals surface area contributed by atoms with Gasteiger partial charge in [0.1, 0.15) is 11.3 Å². The number of carboxylic acids is 1. The number of aromatic carboxylic acids is 1. The maximum atomic E-state index is 13.6. The topological polar surface area (TPSA) is 59.4 Å². The molecule has 1 N–H and O–H groups in total. The molecule has 0 saturated heterocycles. The predicted octanol–water partition coefficient (Wildman–Crippen LogP) is 4.13. The first-order valence-corrected chi connectivity index (χ1v) is 6.16. The fourth-order valence-corrected chi connectivity index (χ4v) is 1.80. The quantitative estimate of drug-likeness (QED) is 0.908. The Morgan fingerprint density at radius 1 is 1.42 bits per heavy atom. The molecule has 0 fully saturated rings. The van der Waals surface area contributed by atoms with E-state index >= 15 is 0 Å². The van der Waals surface area contributed by atoms with Gasteiger partial charge in [-0.15, -0.1) is 0 Å². The Hall–Kier alpha value is -1.66. The van der Waals surface area contributed by atoms with Crippen molar-refractivity contribution in [2.45, 2.75) is 0 Å². The van der Waals surface area contributed by atoms with Crippen LogP contribution in [0.4, 0.5) is 4.39 Å². The van der Waals surface area contributed by atoms with Crippen molar-refractivity contribution in [1.82, 2.24) is 4.98 Å². The maximum Gasteiger partial charge on any atom is 0.339 e. The summed E-state index contributed by atoms with van der Waals surface area (Å²) in [5.41, 5.74) is -0.131. The summed E-state index contributed by atoms with van der Waals surface area (Å²) in [5, 5.41) is 9.28. The highest BCUT2D eigenvalue weighted by atomic mass is 79.9. The molecule has 0 amide bonds. The Bertz CT molecular complexity index is 651. The normalized spacial score (nSPS) is 10.3. The van der Waals surface area contributed by atoms with Crippen LogP contribution in [0.15, 0.2) is 34.9 Å². The second kappa shape index (κ2) is 5.54. The highest BCUT2D eigenvalue weighted by Crippen LogP contribution is 2.29. The summed E-state index contributed by atoms with van der Waals surface area (Å²) >= 11 is 8.82. The minimum absolute atomic E-state index is 0.0753. The molecule has 98 valence electrons. The van der Waals surface area contributed by atoms with Crippen molar-refractivity contribution in [2.24, 2.45) is 0 Å². The lowest BCUT2D eigenvalue weighted by atomic mass is 10.2. The van der Waals surface area contributed by atoms with Gasteiger partial charge in [0.05, 0.1) is 0 Å². The minimum atomic E-state index is -1.20. The average molecular weight is 347 g/mol. The Morgan fingerprint density at radius 2 is 2.16 bits per heavy atom. The van der Waals surface area contributed by atoms with E-state index < -0.39 is 11.8 Å². The highest BCUT2D eigenvalue weighted by molar-refractivity contribution is 9.10. The third-order valence-electron chi connectivity index (χ3n) is 2.15. The Kier molecular flexibility index (Phi) is 4.01. The number of carbonyl (C=O) groups is 1. The van der Waals surface area contributed by atoms with Crippen molar-refractivity contribution < 1.29 is 19.0 Å². The fourth-order valence-electron chi connectivity index (χ4n) is 1.34. The van der Waals surface area contributed by atoms with E-state index in [1.165, 1.54) is 24.4 Å². The van der Waals surface area contributed by atoms with Gasteiger partial charge in [0.2, 0.25) is 0 Å².